The highest BCUT2D eigenvalue weighted by molar-refractivity contribution is 5.80. The maximum Gasteiger partial charge on any atom is 0.193 e. The van der Waals surface area contributed by atoms with Crippen LogP contribution in [0.3, 0.4) is 0 Å². The number of nitrogens with one attached hydrogen (secondary N) is 1. The van der Waals surface area contributed by atoms with Crippen LogP contribution in [0.2, 0.25) is 0 Å². The number of aliphatic imine (C=N–C) groups is 1. The number of guanidine groups is 1. The van der Waals surface area contributed by atoms with Crippen molar-refractivity contribution < 1.29 is 13.5 Å². The molecule has 0 atom stereocenters. The van der Waals surface area contributed by atoms with Gasteiger partial charge in [0, 0.05) is 64.6 Å². The number of hydrogen-bond acceptors (Lipinski definition) is 4. The van der Waals surface area contributed by atoms with Gasteiger partial charge < -0.3 is 19.9 Å². The Labute approximate surface area is 177 Å². The maximum absolute atomic E-state index is 14.1. The second-order valence-corrected chi connectivity index (χ2v) is 8.50. The summed E-state index contributed by atoms with van der Waals surface area (Å²) in [6, 6.07) is 3.64. The lowest BCUT2D eigenvalue weighted by atomic mass is 9.88. The molecule has 3 aliphatic rings. The van der Waals surface area contributed by atoms with Crippen LogP contribution in [-0.2, 0) is 4.74 Å². The van der Waals surface area contributed by atoms with Crippen LogP contribution in [0.25, 0.3) is 0 Å². The minimum atomic E-state index is -0.407. The Balaban J connectivity index is 1.36. The van der Waals surface area contributed by atoms with Crippen molar-refractivity contribution in [1.29, 1.82) is 0 Å². The van der Waals surface area contributed by atoms with Gasteiger partial charge in [0.25, 0.3) is 0 Å². The van der Waals surface area contributed by atoms with E-state index in [0.717, 1.165) is 70.8 Å². The van der Waals surface area contributed by atoms with Gasteiger partial charge in [0.2, 0.25) is 0 Å². The molecule has 0 amide bonds. The SMILES string of the molecule is CN=C(NCC1(N2CCCC2)CCOCC1)N1CCN(c2cc(F)ccc2F)CC1. The van der Waals surface area contributed by atoms with Crippen LogP contribution < -0.4 is 10.2 Å². The number of halogens is 2. The van der Waals surface area contributed by atoms with Crippen LogP contribution in [0.1, 0.15) is 25.7 Å². The standard InChI is InChI=1S/C22H33F2N5O/c1-25-21(26-17-22(6-14-30-15-7-22)29-8-2-3-9-29)28-12-10-27(11-13-28)20-16-18(23)4-5-19(20)24/h4-5,16H,2-3,6-15,17H2,1H3,(H,25,26). The summed E-state index contributed by atoms with van der Waals surface area (Å²) in [6.45, 7) is 7.52. The van der Waals surface area contributed by atoms with E-state index in [1.54, 1.807) is 0 Å². The maximum atomic E-state index is 14.1. The predicted molar refractivity (Wildman–Crippen MR) is 115 cm³/mol. The fraction of sp³-hybridized carbons (Fsp3) is 0.682. The quantitative estimate of drug-likeness (QED) is 0.597. The number of likely N-dealkylation sites (tertiary alicyclic amines) is 1. The van der Waals surface area contributed by atoms with E-state index < -0.39 is 5.82 Å². The number of piperazine rings is 1. The number of benzene rings is 1. The largest absolute Gasteiger partial charge is 0.381 e. The van der Waals surface area contributed by atoms with E-state index in [0.29, 0.717) is 18.8 Å². The van der Waals surface area contributed by atoms with E-state index in [-0.39, 0.29) is 11.4 Å². The van der Waals surface area contributed by atoms with Gasteiger partial charge in [-0.3, -0.25) is 9.89 Å². The molecule has 0 saturated carbocycles. The average molecular weight is 422 g/mol. The van der Waals surface area contributed by atoms with Gasteiger partial charge in [-0.05, 0) is 50.9 Å². The molecular formula is C22H33F2N5O. The van der Waals surface area contributed by atoms with Crippen molar-refractivity contribution >= 4 is 11.6 Å². The number of anilines is 1. The third-order valence-electron chi connectivity index (χ3n) is 6.82. The molecule has 3 aliphatic heterocycles. The summed E-state index contributed by atoms with van der Waals surface area (Å²) in [5, 5.41) is 3.63. The Bertz CT molecular complexity index is 739. The van der Waals surface area contributed by atoms with Gasteiger partial charge >= 0.3 is 0 Å². The van der Waals surface area contributed by atoms with Gasteiger partial charge in [-0.25, -0.2) is 8.78 Å². The molecule has 4 rings (SSSR count). The lowest BCUT2D eigenvalue weighted by Gasteiger charge is -2.45. The first kappa shape index (κ1) is 21.3. The molecule has 1 aromatic rings. The molecule has 0 aliphatic carbocycles. The van der Waals surface area contributed by atoms with Crippen molar-refractivity contribution in [3.63, 3.8) is 0 Å². The summed E-state index contributed by atoms with van der Waals surface area (Å²) in [7, 11) is 1.81. The first-order chi connectivity index (χ1) is 14.6. The molecule has 0 unspecified atom stereocenters. The van der Waals surface area contributed by atoms with Gasteiger partial charge in [0.1, 0.15) is 11.6 Å². The van der Waals surface area contributed by atoms with Crippen LogP contribution in [0.4, 0.5) is 14.5 Å². The average Bonchev–Trinajstić information content (AvgIpc) is 3.33. The van der Waals surface area contributed by atoms with Gasteiger partial charge in [-0.1, -0.05) is 0 Å². The van der Waals surface area contributed by atoms with Gasteiger partial charge in [0.15, 0.2) is 5.96 Å². The third kappa shape index (κ3) is 4.54. The lowest BCUT2D eigenvalue weighted by Crippen LogP contribution is -2.60. The van der Waals surface area contributed by atoms with Crippen molar-refractivity contribution in [2.45, 2.75) is 31.2 Å². The predicted octanol–water partition coefficient (Wildman–Crippen LogP) is 2.31. The summed E-state index contributed by atoms with van der Waals surface area (Å²) in [4.78, 5) is 11.3. The summed E-state index contributed by atoms with van der Waals surface area (Å²) in [5.74, 6) is 0.105. The molecule has 0 bridgehead atoms. The van der Waals surface area contributed by atoms with E-state index >= 15 is 0 Å². The first-order valence-electron chi connectivity index (χ1n) is 11.1. The summed E-state index contributed by atoms with van der Waals surface area (Å²) in [6.07, 6.45) is 4.64. The first-order valence-corrected chi connectivity index (χ1v) is 11.1. The summed E-state index contributed by atoms with van der Waals surface area (Å²) >= 11 is 0. The molecule has 30 heavy (non-hydrogen) atoms. The monoisotopic (exact) mass is 421 g/mol. The second-order valence-electron chi connectivity index (χ2n) is 8.50. The number of nitrogens with zero attached hydrogens (tertiary/aromatic N) is 4. The van der Waals surface area contributed by atoms with E-state index in [9.17, 15) is 8.78 Å². The topological polar surface area (TPSA) is 43.3 Å². The molecule has 3 saturated heterocycles. The molecule has 0 spiro atoms. The summed E-state index contributed by atoms with van der Waals surface area (Å²) in [5.41, 5.74) is 0.477. The molecular weight excluding hydrogens is 388 g/mol. The lowest BCUT2D eigenvalue weighted by molar-refractivity contribution is -0.0166. The zero-order chi connectivity index (χ0) is 21.0. The highest BCUT2D eigenvalue weighted by Gasteiger charge is 2.40. The van der Waals surface area contributed by atoms with Crippen LogP contribution in [0.5, 0.6) is 0 Å². The Morgan fingerprint density at radius 3 is 2.43 bits per heavy atom. The molecule has 166 valence electrons. The number of hydrogen-bond donors (Lipinski definition) is 1. The third-order valence-corrected chi connectivity index (χ3v) is 6.82. The highest BCUT2D eigenvalue weighted by atomic mass is 19.1. The molecule has 0 radical (unpaired) electrons. The van der Waals surface area contributed by atoms with E-state index in [4.69, 9.17) is 4.74 Å². The van der Waals surface area contributed by atoms with Crippen LogP contribution in [-0.4, -0.2) is 87.4 Å². The zero-order valence-electron chi connectivity index (χ0n) is 17.9. The van der Waals surface area contributed by atoms with Crippen molar-refractivity contribution in [2.75, 3.05) is 71.0 Å². The molecule has 6 nitrogen and oxygen atoms in total. The van der Waals surface area contributed by atoms with Gasteiger partial charge in [0.05, 0.1) is 5.69 Å². The Hall–Kier alpha value is -1.93. The Kier molecular flexibility index (Phi) is 6.73. The minimum Gasteiger partial charge on any atom is -0.381 e. The van der Waals surface area contributed by atoms with Gasteiger partial charge in [-0.2, -0.15) is 0 Å². The van der Waals surface area contributed by atoms with Crippen LogP contribution in [0, 0.1) is 11.6 Å². The van der Waals surface area contributed by atoms with E-state index in [1.165, 1.54) is 25.0 Å². The number of ether oxygens (including phenoxy) is 1. The second kappa shape index (κ2) is 9.47. The highest BCUT2D eigenvalue weighted by Crippen LogP contribution is 2.31. The number of rotatable bonds is 4. The normalized spacial score (nSPS) is 23.1. The molecule has 3 fully saturated rings. The molecule has 1 aromatic carbocycles. The molecule has 3 heterocycles. The minimum absolute atomic E-state index is 0.136. The summed E-state index contributed by atoms with van der Waals surface area (Å²) < 4.78 is 33.3. The van der Waals surface area contributed by atoms with Crippen molar-refractivity contribution in [3.05, 3.63) is 29.8 Å². The smallest absolute Gasteiger partial charge is 0.193 e. The molecule has 1 N–H and O–H groups in total. The molecule has 0 aromatic heterocycles. The molecule has 8 heteroatoms. The van der Waals surface area contributed by atoms with E-state index in [1.807, 2.05) is 11.9 Å². The van der Waals surface area contributed by atoms with Crippen molar-refractivity contribution in [1.82, 2.24) is 15.1 Å². The van der Waals surface area contributed by atoms with Crippen molar-refractivity contribution in [2.24, 2.45) is 4.99 Å². The zero-order valence-corrected chi connectivity index (χ0v) is 17.9. The van der Waals surface area contributed by atoms with E-state index in [2.05, 4.69) is 20.1 Å². The van der Waals surface area contributed by atoms with Gasteiger partial charge in [-0.15, -0.1) is 0 Å². The van der Waals surface area contributed by atoms with Crippen LogP contribution in [0.15, 0.2) is 23.2 Å². The Morgan fingerprint density at radius 2 is 1.77 bits per heavy atom. The van der Waals surface area contributed by atoms with Crippen molar-refractivity contribution in [3.8, 4) is 0 Å². The fourth-order valence-electron chi connectivity index (χ4n) is 5.01. The van der Waals surface area contributed by atoms with Crippen LogP contribution >= 0.6 is 0 Å². The Morgan fingerprint density at radius 1 is 1.07 bits per heavy atom. The fourth-order valence-corrected chi connectivity index (χ4v) is 5.01.